The molecule has 0 radical (unpaired) electrons. The topological polar surface area (TPSA) is 76.1 Å². The zero-order chi connectivity index (χ0) is 16.9. The molecule has 2 rings (SSSR count). The Hall–Kier alpha value is -2.08. The van der Waals surface area contributed by atoms with Gasteiger partial charge in [0, 0.05) is 25.8 Å². The average molecular weight is 321 g/mol. The summed E-state index contributed by atoms with van der Waals surface area (Å²) in [5.41, 5.74) is -0.323. The van der Waals surface area contributed by atoms with E-state index in [1.165, 1.54) is 0 Å². The number of carbonyl (C=O) groups is 2. The minimum absolute atomic E-state index is 0.138. The molecule has 6 nitrogen and oxygen atoms in total. The quantitative estimate of drug-likeness (QED) is 0.812. The molecular weight excluding hydrogens is 298 g/mol. The van der Waals surface area contributed by atoms with Crippen LogP contribution in [0.5, 0.6) is 5.75 Å². The van der Waals surface area contributed by atoms with Crippen molar-refractivity contribution < 1.29 is 24.2 Å². The standard InChI is InChI=1S/C17H23NO5/c1-17(16(20)21)8-3-9-18(12-17)15(19)13-4-6-14(7-5-13)23-11-10-22-2/h4-7H,3,8-12H2,1-2H3,(H,20,21). The van der Waals surface area contributed by atoms with Crippen molar-refractivity contribution in [1.82, 2.24) is 4.90 Å². The number of piperidine rings is 1. The lowest BCUT2D eigenvalue weighted by Crippen LogP contribution is -2.48. The predicted octanol–water partition coefficient (Wildman–Crippen LogP) is 2.04. The van der Waals surface area contributed by atoms with Crippen LogP contribution in [0, 0.1) is 5.41 Å². The molecule has 1 aliphatic heterocycles. The van der Waals surface area contributed by atoms with E-state index in [1.54, 1.807) is 43.2 Å². The predicted molar refractivity (Wildman–Crippen MR) is 84.7 cm³/mol. The first kappa shape index (κ1) is 17.3. The molecule has 0 aliphatic carbocycles. The van der Waals surface area contributed by atoms with Crippen molar-refractivity contribution in [3.05, 3.63) is 29.8 Å². The maximum atomic E-state index is 12.6. The van der Waals surface area contributed by atoms with Gasteiger partial charge in [-0.15, -0.1) is 0 Å². The van der Waals surface area contributed by atoms with Gasteiger partial charge in [-0.3, -0.25) is 9.59 Å². The van der Waals surface area contributed by atoms with Crippen LogP contribution in [0.4, 0.5) is 0 Å². The summed E-state index contributed by atoms with van der Waals surface area (Å²) in [6, 6.07) is 6.89. The van der Waals surface area contributed by atoms with Gasteiger partial charge in [0.05, 0.1) is 12.0 Å². The molecule has 1 fully saturated rings. The lowest BCUT2D eigenvalue weighted by atomic mass is 9.82. The van der Waals surface area contributed by atoms with Crippen molar-refractivity contribution in [2.45, 2.75) is 19.8 Å². The average Bonchev–Trinajstić information content (AvgIpc) is 2.55. The SMILES string of the molecule is COCCOc1ccc(C(=O)N2CCCC(C)(C(=O)O)C2)cc1. The number of methoxy groups -OCH3 is 1. The molecular formula is C17H23NO5. The van der Waals surface area contributed by atoms with E-state index < -0.39 is 11.4 Å². The third kappa shape index (κ3) is 4.22. The molecule has 1 heterocycles. The number of hydrogen-bond acceptors (Lipinski definition) is 4. The molecule has 1 N–H and O–H groups in total. The fraction of sp³-hybridized carbons (Fsp3) is 0.529. The Morgan fingerprint density at radius 1 is 1.26 bits per heavy atom. The Balaban J connectivity index is 2.01. The summed E-state index contributed by atoms with van der Waals surface area (Å²) in [6.07, 6.45) is 1.30. The van der Waals surface area contributed by atoms with Crippen molar-refractivity contribution in [3.8, 4) is 5.75 Å². The Morgan fingerprint density at radius 2 is 1.96 bits per heavy atom. The molecule has 126 valence electrons. The van der Waals surface area contributed by atoms with Crippen molar-refractivity contribution in [1.29, 1.82) is 0 Å². The largest absolute Gasteiger partial charge is 0.491 e. The molecule has 1 aliphatic rings. The first-order valence-corrected chi connectivity index (χ1v) is 7.71. The summed E-state index contributed by atoms with van der Waals surface area (Å²) >= 11 is 0. The third-order valence-electron chi connectivity index (χ3n) is 4.16. The zero-order valence-electron chi connectivity index (χ0n) is 13.6. The molecule has 6 heteroatoms. The van der Waals surface area contributed by atoms with Gasteiger partial charge in [-0.05, 0) is 44.0 Å². The Bertz CT molecular complexity index is 557. The fourth-order valence-corrected chi connectivity index (χ4v) is 2.71. The van der Waals surface area contributed by atoms with Gasteiger partial charge in [0.25, 0.3) is 5.91 Å². The van der Waals surface area contributed by atoms with Gasteiger partial charge < -0.3 is 19.5 Å². The van der Waals surface area contributed by atoms with Gasteiger partial charge in [-0.1, -0.05) is 0 Å². The van der Waals surface area contributed by atoms with Gasteiger partial charge in [-0.25, -0.2) is 0 Å². The van der Waals surface area contributed by atoms with E-state index in [0.717, 1.165) is 0 Å². The molecule has 1 aromatic carbocycles. The highest BCUT2D eigenvalue weighted by atomic mass is 16.5. The summed E-state index contributed by atoms with van der Waals surface area (Å²) in [5.74, 6) is -0.315. The molecule has 1 aromatic rings. The highest BCUT2D eigenvalue weighted by Gasteiger charge is 2.39. The number of amides is 1. The van der Waals surface area contributed by atoms with Gasteiger partial charge in [0.1, 0.15) is 12.4 Å². The smallest absolute Gasteiger partial charge is 0.311 e. The van der Waals surface area contributed by atoms with Crippen LogP contribution in [-0.4, -0.2) is 55.3 Å². The Labute approximate surface area is 136 Å². The minimum Gasteiger partial charge on any atom is -0.491 e. The number of benzene rings is 1. The number of carboxylic acid groups (broad SMARTS) is 1. The number of hydrogen-bond donors (Lipinski definition) is 1. The molecule has 23 heavy (non-hydrogen) atoms. The number of aliphatic carboxylic acids is 1. The first-order valence-electron chi connectivity index (χ1n) is 7.71. The van der Waals surface area contributed by atoms with Crippen LogP contribution >= 0.6 is 0 Å². The van der Waals surface area contributed by atoms with Gasteiger partial charge in [0.2, 0.25) is 0 Å². The second-order valence-corrected chi connectivity index (χ2v) is 6.06. The molecule has 1 saturated heterocycles. The molecule has 0 aromatic heterocycles. The maximum Gasteiger partial charge on any atom is 0.311 e. The van der Waals surface area contributed by atoms with E-state index in [-0.39, 0.29) is 12.5 Å². The van der Waals surface area contributed by atoms with E-state index in [4.69, 9.17) is 9.47 Å². The van der Waals surface area contributed by atoms with E-state index in [9.17, 15) is 14.7 Å². The van der Waals surface area contributed by atoms with Crippen molar-refractivity contribution in [2.24, 2.45) is 5.41 Å². The molecule has 0 spiro atoms. The van der Waals surface area contributed by atoms with Crippen LogP contribution < -0.4 is 4.74 Å². The van der Waals surface area contributed by atoms with Crippen LogP contribution in [-0.2, 0) is 9.53 Å². The zero-order valence-corrected chi connectivity index (χ0v) is 13.6. The Morgan fingerprint density at radius 3 is 2.57 bits per heavy atom. The second kappa shape index (κ2) is 7.46. The van der Waals surface area contributed by atoms with Crippen LogP contribution in [0.15, 0.2) is 24.3 Å². The van der Waals surface area contributed by atoms with Gasteiger partial charge in [0.15, 0.2) is 0 Å². The number of carbonyl (C=O) groups excluding carboxylic acids is 1. The summed E-state index contributed by atoms with van der Waals surface area (Å²) in [4.78, 5) is 25.6. The molecule has 0 bridgehead atoms. The van der Waals surface area contributed by atoms with Crippen molar-refractivity contribution >= 4 is 11.9 Å². The number of nitrogens with zero attached hydrogens (tertiary/aromatic N) is 1. The second-order valence-electron chi connectivity index (χ2n) is 6.06. The summed E-state index contributed by atoms with van der Waals surface area (Å²) in [5, 5.41) is 9.34. The summed E-state index contributed by atoms with van der Waals surface area (Å²) in [6.45, 7) is 3.48. The third-order valence-corrected chi connectivity index (χ3v) is 4.16. The van der Waals surface area contributed by atoms with Crippen molar-refractivity contribution in [3.63, 3.8) is 0 Å². The number of likely N-dealkylation sites (tertiary alicyclic amines) is 1. The number of rotatable bonds is 6. The highest BCUT2D eigenvalue weighted by molar-refractivity contribution is 5.94. The first-order chi connectivity index (χ1) is 11.0. The molecule has 1 unspecified atom stereocenters. The summed E-state index contributed by atoms with van der Waals surface area (Å²) < 4.78 is 10.4. The summed E-state index contributed by atoms with van der Waals surface area (Å²) in [7, 11) is 1.61. The van der Waals surface area contributed by atoms with E-state index in [1.807, 2.05) is 0 Å². The van der Waals surface area contributed by atoms with Crippen LogP contribution in [0.1, 0.15) is 30.1 Å². The molecule has 1 amide bonds. The van der Waals surface area contributed by atoms with Gasteiger partial charge >= 0.3 is 5.97 Å². The maximum absolute atomic E-state index is 12.6. The fourth-order valence-electron chi connectivity index (χ4n) is 2.71. The van der Waals surface area contributed by atoms with E-state index in [0.29, 0.717) is 43.9 Å². The lowest BCUT2D eigenvalue weighted by Gasteiger charge is -2.37. The minimum atomic E-state index is -0.864. The molecule has 1 atom stereocenters. The lowest BCUT2D eigenvalue weighted by molar-refractivity contribution is -0.150. The Kier molecular flexibility index (Phi) is 5.60. The van der Waals surface area contributed by atoms with Crippen molar-refractivity contribution in [2.75, 3.05) is 33.4 Å². The van der Waals surface area contributed by atoms with E-state index >= 15 is 0 Å². The van der Waals surface area contributed by atoms with Crippen LogP contribution in [0.2, 0.25) is 0 Å². The monoisotopic (exact) mass is 321 g/mol. The van der Waals surface area contributed by atoms with Crippen LogP contribution in [0.25, 0.3) is 0 Å². The van der Waals surface area contributed by atoms with E-state index in [2.05, 4.69) is 0 Å². The normalized spacial score (nSPS) is 21.0. The molecule has 0 saturated carbocycles. The van der Waals surface area contributed by atoms with Gasteiger partial charge in [-0.2, -0.15) is 0 Å². The number of ether oxygens (including phenoxy) is 2. The highest BCUT2D eigenvalue weighted by Crippen LogP contribution is 2.30. The van der Waals surface area contributed by atoms with Crippen LogP contribution in [0.3, 0.4) is 0 Å². The number of carboxylic acids is 1.